The van der Waals surface area contributed by atoms with Crippen LogP contribution < -0.4 is 17.2 Å². The fraction of sp³-hybridized carbons (Fsp3) is 0.300. The molecule has 0 unspecified atom stereocenters. The van der Waals surface area contributed by atoms with E-state index >= 15 is 0 Å². The Morgan fingerprint density at radius 1 is 0.604 bits per heavy atom. The molecule has 12 N–H and O–H groups in total. The maximum absolute atomic E-state index is 11.6. The zero-order valence-corrected chi connectivity index (χ0v) is 32.7. The average molecular weight is 759 g/mol. The van der Waals surface area contributed by atoms with Crippen LogP contribution in [0.3, 0.4) is 0 Å². The maximum Gasteiger partial charge on any atom is 0.335 e. The van der Waals surface area contributed by atoms with Crippen molar-refractivity contribution in [1.82, 2.24) is 0 Å². The number of aromatic carboxylic acids is 1. The second-order valence-electron chi connectivity index (χ2n) is 14.4. The Kier molecular flexibility index (Phi) is 13.4. The lowest BCUT2D eigenvalue weighted by Crippen LogP contribution is -2.51. The third kappa shape index (κ3) is 10.6. The predicted molar refractivity (Wildman–Crippen MR) is 218 cm³/mol. The highest BCUT2D eigenvalue weighted by molar-refractivity contribution is 7.99. The molecular weight excluding hydrogens is 709 g/mol. The molecule has 0 aliphatic heterocycles. The van der Waals surface area contributed by atoms with Crippen LogP contribution in [0.25, 0.3) is 0 Å². The first kappa shape index (κ1) is 40.9. The number of aliphatic imine (C=N–C) groups is 3. The van der Waals surface area contributed by atoms with Crippen molar-refractivity contribution in [1.29, 1.82) is 0 Å². The Labute approximate surface area is 319 Å². The molecule has 53 heavy (non-hydrogen) atoms. The third-order valence-corrected chi connectivity index (χ3v) is 10.5. The van der Waals surface area contributed by atoms with Crippen LogP contribution >= 0.6 is 23.5 Å². The van der Waals surface area contributed by atoms with Gasteiger partial charge in [-0.1, -0.05) is 53.7 Å². The number of aliphatic hydroxyl groups excluding tert-OH is 3. The van der Waals surface area contributed by atoms with Gasteiger partial charge in [-0.2, -0.15) is 0 Å². The number of hydrogen-bond acceptors (Lipinski definition) is 7. The number of anilines is 1. The molecule has 0 fully saturated rings. The summed E-state index contributed by atoms with van der Waals surface area (Å²) in [6.07, 6.45) is 0. The highest BCUT2D eigenvalue weighted by atomic mass is 32.2. The number of carboxylic acids is 1. The topological polar surface area (TPSA) is 216 Å². The molecule has 11 nitrogen and oxygen atoms in total. The van der Waals surface area contributed by atoms with Crippen LogP contribution in [0, 0.1) is 0 Å². The molecule has 0 heterocycles. The summed E-state index contributed by atoms with van der Waals surface area (Å²) in [5.41, 5.74) is 18.6. The molecule has 0 atom stereocenters. The summed E-state index contributed by atoms with van der Waals surface area (Å²) in [5.74, 6) is -0.697. The minimum absolute atomic E-state index is 0.0174. The number of carboxylic acid groups (broad SMARTS) is 1. The van der Waals surface area contributed by atoms with E-state index in [2.05, 4.69) is 47.2 Å². The van der Waals surface area contributed by atoms with Crippen LogP contribution in [0.4, 0.5) is 22.7 Å². The minimum atomic E-state index is -1.12. The smallest absolute Gasteiger partial charge is 0.335 e. The van der Waals surface area contributed by atoms with Crippen molar-refractivity contribution in [3.63, 3.8) is 0 Å². The quantitative estimate of drug-likeness (QED) is 0.0321. The first-order valence-corrected chi connectivity index (χ1v) is 19.1. The number of quaternary nitrogens is 2. The zero-order valence-electron chi connectivity index (χ0n) is 31.1. The summed E-state index contributed by atoms with van der Waals surface area (Å²) < 4.78 is 0. The first-order chi connectivity index (χ1) is 24.9. The maximum atomic E-state index is 11.6. The number of aliphatic hydroxyl groups is 3. The molecule has 13 heteroatoms. The summed E-state index contributed by atoms with van der Waals surface area (Å²) in [4.78, 5) is 26.8. The average Bonchev–Trinajstić information content (AvgIpc) is 3.10. The minimum Gasteiger partial charge on any atom is -0.493 e. The van der Waals surface area contributed by atoms with Gasteiger partial charge in [0.05, 0.1) is 45.5 Å². The molecule has 0 amide bonds. The van der Waals surface area contributed by atoms with E-state index in [0.29, 0.717) is 57.6 Å². The van der Waals surface area contributed by atoms with Gasteiger partial charge in [-0.25, -0.2) is 19.8 Å². The van der Waals surface area contributed by atoms with Gasteiger partial charge in [0, 0.05) is 33.9 Å². The third-order valence-electron chi connectivity index (χ3n) is 8.09. The second kappa shape index (κ2) is 17.3. The van der Waals surface area contributed by atoms with E-state index < -0.39 is 5.97 Å². The fourth-order valence-electron chi connectivity index (χ4n) is 5.13. The molecular formula is C40H50N6O5S2+2. The summed E-state index contributed by atoms with van der Waals surface area (Å²) >= 11 is 2.96. The summed E-state index contributed by atoms with van der Waals surface area (Å²) in [7, 11) is 0. The van der Waals surface area contributed by atoms with Crippen molar-refractivity contribution in [3.05, 3.63) is 106 Å². The Morgan fingerprint density at radius 2 is 0.962 bits per heavy atom. The highest BCUT2D eigenvalue weighted by Gasteiger charge is 2.22. The highest BCUT2D eigenvalue weighted by Crippen LogP contribution is 2.43. The van der Waals surface area contributed by atoms with Crippen molar-refractivity contribution < 1.29 is 36.7 Å². The number of nitrogen functional groups attached to an aromatic ring is 1. The number of hydrogen-bond donors (Lipinski definition) is 7. The molecule has 4 aromatic carbocycles. The fourth-order valence-corrected chi connectivity index (χ4v) is 6.81. The van der Waals surface area contributed by atoms with Crippen LogP contribution in [0.1, 0.15) is 79.7 Å². The molecule has 0 aliphatic carbocycles. The van der Waals surface area contributed by atoms with Crippen LogP contribution in [0.5, 0.6) is 0 Å². The van der Waals surface area contributed by atoms with Crippen LogP contribution in [0.15, 0.2) is 97.6 Å². The van der Waals surface area contributed by atoms with Crippen molar-refractivity contribution in [2.45, 2.75) is 62.2 Å². The first-order valence-electron chi connectivity index (χ1n) is 17.2. The number of thioether (sulfide) groups is 2. The van der Waals surface area contributed by atoms with Gasteiger partial charge in [-0.15, -0.1) is 23.5 Å². The van der Waals surface area contributed by atoms with E-state index in [0.717, 1.165) is 21.8 Å². The lowest BCUT2D eigenvalue weighted by molar-refractivity contribution is -0.360. The molecule has 0 saturated heterocycles. The van der Waals surface area contributed by atoms with Gasteiger partial charge < -0.3 is 37.6 Å². The van der Waals surface area contributed by atoms with Crippen molar-refractivity contribution in [2.75, 3.05) is 30.3 Å². The second-order valence-corrected chi connectivity index (χ2v) is 16.6. The molecule has 0 radical (unpaired) electrons. The Morgan fingerprint density at radius 3 is 1.36 bits per heavy atom. The van der Waals surface area contributed by atoms with Gasteiger partial charge in [0.1, 0.15) is 0 Å². The Balaban J connectivity index is 1.84. The van der Waals surface area contributed by atoms with Gasteiger partial charge in [-0.05, 0) is 82.6 Å². The largest absolute Gasteiger partial charge is 0.493 e. The van der Waals surface area contributed by atoms with Crippen molar-refractivity contribution in [3.8, 4) is 0 Å². The molecule has 0 saturated carbocycles. The molecule has 4 aromatic rings. The van der Waals surface area contributed by atoms with Gasteiger partial charge in [0.25, 0.3) is 0 Å². The van der Waals surface area contributed by atoms with E-state index in [1.165, 1.54) is 35.7 Å². The van der Waals surface area contributed by atoms with E-state index in [4.69, 9.17) is 5.73 Å². The summed E-state index contributed by atoms with van der Waals surface area (Å²) in [6.45, 7) is 13.6. The molecule has 0 bridgehead atoms. The van der Waals surface area contributed by atoms with Crippen LogP contribution in [-0.2, 0) is 10.8 Å². The van der Waals surface area contributed by atoms with E-state index in [9.17, 15) is 25.2 Å². The molecule has 0 aromatic heterocycles. The number of carbonyl (C=O) groups is 1. The summed E-state index contributed by atoms with van der Waals surface area (Å²) in [6, 6.07) is 20.2. The number of rotatable bonds is 13. The molecule has 4 rings (SSSR count). The van der Waals surface area contributed by atoms with Crippen molar-refractivity contribution >= 4 is 69.9 Å². The van der Waals surface area contributed by atoms with E-state index in [1.807, 2.05) is 45.0 Å². The number of benzene rings is 4. The van der Waals surface area contributed by atoms with Gasteiger partial charge in [-0.3, -0.25) is 0 Å². The Bertz CT molecular complexity index is 2070. The van der Waals surface area contributed by atoms with Gasteiger partial charge in [0.2, 0.25) is 17.7 Å². The van der Waals surface area contributed by atoms with Gasteiger partial charge in [0.15, 0.2) is 0 Å². The zero-order chi connectivity index (χ0) is 39.1. The SMILES string of the molecule is CC(C)(C)c1cc(N)c(SCC[NH3+])c(N=C(O)c2cccc(C(O)=Nc3cc(C(C)(C)C)cc(N=C(O)c4cccc(C(=O)O)c4)c3SCC[NH3+])c2)c1. The van der Waals surface area contributed by atoms with Gasteiger partial charge >= 0.3 is 5.97 Å². The number of nitrogens with two attached hydrogens (primary N) is 1. The summed E-state index contributed by atoms with van der Waals surface area (Å²) in [5, 5.41) is 43.4. The lowest BCUT2D eigenvalue weighted by atomic mass is 9.86. The monoisotopic (exact) mass is 758 g/mol. The molecule has 0 aliphatic rings. The van der Waals surface area contributed by atoms with E-state index in [1.54, 1.807) is 36.4 Å². The Hall–Kier alpha value is -4.82. The van der Waals surface area contributed by atoms with Crippen molar-refractivity contribution in [2.24, 2.45) is 15.0 Å². The van der Waals surface area contributed by atoms with E-state index in [-0.39, 0.29) is 39.7 Å². The lowest BCUT2D eigenvalue weighted by Gasteiger charge is -2.22. The van der Waals surface area contributed by atoms with Crippen LogP contribution in [0.2, 0.25) is 0 Å². The molecule has 280 valence electrons. The van der Waals surface area contributed by atoms with Crippen LogP contribution in [-0.4, -0.2) is 68.7 Å². The molecule has 0 spiro atoms. The predicted octanol–water partition coefficient (Wildman–Crippen LogP) is 7.14. The standard InChI is InChI=1S/C40H48N6O5S2/c1-39(2,3)27-19-29(43)33(52-15-13-41)30(20-27)44-35(47)23-9-7-10-24(17-23)36(48)45-31-21-28(40(4,5)6)22-32(34(31)53-16-14-42)46-37(49)25-11-8-12-26(18-25)38(50)51/h7-12,17-22H,13-16,41-43H2,1-6H3,(H,44,47)(H,45,48)(H,46,49)(H,50,51)/p+2. The normalized spacial score (nSPS) is 13.0. The number of nitrogens with zero attached hydrogens (tertiary/aromatic N) is 3.